The number of hydrogen-bond donors (Lipinski definition) is 1. The highest BCUT2D eigenvalue weighted by atomic mass is 16.5. The van der Waals surface area contributed by atoms with Gasteiger partial charge in [0.05, 0.1) is 13.2 Å². The summed E-state index contributed by atoms with van der Waals surface area (Å²) in [6, 6.07) is 7.72. The fraction of sp³-hybridized carbons (Fsp3) is 0.588. The van der Waals surface area contributed by atoms with Crippen LogP contribution in [0.15, 0.2) is 24.3 Å². The van der Waals surface area contributed by atoms with Crippen LogP contribution < -0.4 is 10.1 Å². The van der Waals surface area contributed by atoms with Gasteiger partial charge in [-0.25, -0.2) is 0 Å². The summed E-state index contributed by atoms with van der Waals surface area (Å²) in [7, 11) is 0. The van der Waals surface area contributed by atoms with Crippen LogP contribution in [0.5, 0.6) is 5.75 Å². The number of carbonyl (C=O) groups excluding carboxylic acids is 1. The van der Waals surface area contributed by atoms with Crippen molar-refractivity contribution in [2.75, 3.05) is 46.0 Å². The Balaban J connectivity index is 1.50. The molecule has 0 saturated carbocycles. The molecule has 5 heteroatoms. The Labute approximate surface area is 132 Å². The second-order valence-electron chi connectivity index (χ2n) is 5.62. The van der Waals surface area contributed by atoms with Gasteiger partial charge in [0.25, 0.3) is 5.91 Å². The van der Waals surface area contributed by atoms with Crippen molar-refractivity contribution < 1.29 is 14.3 Å². The van der Waals surface area contributed by atoms with Crippen LogP contribution in [-0.4, -0.2) is 56.8 Å². The van der Waals surface area contributed by atoms with Gasteiger partial charge in [0.2, 0.25) is 0 Å². The van der Waals surface area contributed by atoms with Gasteiger partial charge in [0.15, 0.2) is 6.61 Å². The Morgan fingerprint density at radius 3 is 2.91 bits per heavy atom. The van der Waals surface area contributed by atoms with E-state index in [2.05, 4.69) is 10.2 Å². The van der Waals surface area contributed by atoms with E-state index in [1.54, 1.807) is 0 Å². The van der Waals surface area contributed by atoms with Gasteiger partial charge in [-0.1, -0.05) is 12.1 Å². The summed E-state index contributed by atoms with van der Waals surface area (Å²) in [6.07, 6.45) is 2.09. The average molecular weight is 306 g/mol. The maximum absolute atomic E-state index is 11.7. The first kappa shape index (κ1) is 16.8. The van der Waals surface area contributed by atoms with Crippen LogP contribution in [0.2, 0.25) is 0 Å². The minimum atomic E-state index is -0.0621. The zero-order valence-electron chi connectivity index (χ0n) is 13.3. The van der Waals surface area contributed by atoms with Crippen molar-refractivity contribution in [1.82, 2.24) is 10.2 Å². The molecule has 1 N–H and O–H groups in total. The van der Waals surface area contributed by atoms with Crippen molar-refractivity contribution in [3.63, 3.8) is 0 Å². The minimum absolute atomic E-state index is 0.0621. The van der Waals surface area contributed by atoms with Crippen molar-refractivity contribution >= 4 is 5.91 Å². The van der Waals surface area contributed by atoms with Gasteiger partial charge in [-0.3, -0.25) is 9.69 Å². The molecule has 1 aliphatic rings. The Morgan fingerprint density at radius 1 is 1.32 bits per heavy atom. The van der Waals surface area contributed by atoms with E-state index < -0.39 is 0 Å². The third-order valence-corrected chi connectivity index (χ3v) is 3.69. The molecule has 0 aliphatic carbocycles. The van der Waals surface area contributed by atoms with Crippen molar-refractivity contribution in [2.24, 2.45) is 0 Å². The molecule has 1 aromatic carbocycles. The lowest BCUT2D eigenvalue weighted by molar-refractivity contribution is -0.123. The highest BCUT2D eigenvalue weighted by Crippen LogP contribution is 2.11. The molecule has 2 rings (SSSR count). The number of nitrogens with one attached hydrogen (secondary N) is 1. The van der Waals surface area contributed by atoms with Crippen LogP contribution in [-0.2, 0) is 9.53 Å². The predicted octanol–water partition coefficient (Wildman–Crippen LogP) is 1.60. The number of hydrogen-bond acceptors (Lipinski definition) is 4. The number of aryl methyl sites for hydroxylation is 1. The lowest BCUT2D eigenvalue weighted by atomic mass is 10.2. The molecule has 122 valence electrons. The lowest BCUT2D eigenvalue weighted by Gasteiger charge is -2.26. The highest BCUT2D eigenvalue weighted by molar-refractivity contribution is 5.77. The number of benzene rings is 1. The molecule has 1 aromatic rings. The van der Waals surface area contributed by atoms with Crippen LogP contribution >= 0.6 is 0 Å². The molecule has 22 heavy (non-hydrogen) atoms. The SMILES string of the molecule is Cc1cccc(OCC(=O)NCCCCN2CCOCC2)c1. The maximum atomic E-state index is 11.7. The van der Waals surface area contributed by atoms with E-state index in [4.69, 9.17) is 9.47 Å². The molecule has 1 amide bonds. The molecule has 5 nitrogen and oxygen atoms in total. The topological polar surface area (TPSA) is 50.8 Å². The van der Waals surface area contributed by atoms with Crippen LogP contribution in [0.25, 0.3) is 0 Å². The summed E-state index contributed by atoms with van der Waals surface area (Å²) in [4.78, 5) is 14.1. The first-order chi connectivity index (χ1) is 10.7. The number of morpholine rings is 1. The largest absolute Gasteiger partial charge is 0.484 e. The summed E-state index contributed by atoms with van der Waals surface area (Å²) < 4.78 is 10.8. The first-order valence-electron chi connectivity index (χ1n) is 8.00. The molecule has 0 aromatic heterocycles. The molecular weight excluding hydrogens is 280 g/mol. The van der Waals surface area contributed by atoms with Crippen LogP contribution in [0.3, 0.4) is 0 Å². The van der Waals surface area contributed by atoms with E-state index in [-0.39, 0.29) is 12.5 Å². The monoisotopic (exact) mass is 306 g/mol. The van der Waals surface area contributed by atoms with Gasteiger partial charge in [-0.05, 0) is 44.0 Å². The standard InChI is InChI=1S/C17H26N2O3/c1-15-5-4-6-16(13-15)22-14-17(20)18-7-2-3-8-19-9-11-21-12-10-19/h4-6,13H,2-3,7-12,14H2,1H3,(H,18,20). The van der Waals surface area contributed by atoms with Gasteiger partial charge < -0.3 is 14.8 Å². The zero-order chi connectivity index (χ0) is 15.6. The maximum Gasteiger partial charge on any atom is 0.257 e. The number of nitrogens with zero attached hydrogens (tertiary/aromatic N) is 1. The van der Waals surface area contributed by atoms with Crippen LogP contribution in [0.1, 0.15) is 18.4 Å². The Bertz CT molecular complexity index is 459. The van der Waals surface area contributed by atoms with Gasteiger partial charge >= 0.3 is 0 Å². The first-order valence-corrected chi connectivity index (χ1v) is 8.00. The molecule has 1 fully saturated rings. The molecule has 1 heterocycles. The van der Waals surface area contributed by atoms with Gasteiger partial charge in [-0.2, -0.15) is 0 Å². The summed E-state index contributed by atoms with van der Waals surface area (Å²) in [5.74, 6) is 0.676. The normalized spacial score (nSPS) is 15.5. The van der Waals surface area contributed by atoms with E-state index in [9.17, 15) is 4.79 Å². The molecular formula is C17H26N2O3. The van der Waals surface area contributed by atoms with Crippen LogP contribution in [0.4, 0.5) is 0 Å². The van der Waals surface area contributed by atoms with E-state index >= 15 is 0 Å². The number of ether oxygens (including phenoxy) is 2. The van der Waals surface area contributed by atoms with E-state index in [0.717, 1.165) is 57.0 Å². The quantitative estimate of drug-likeness (QED) is 0.741. The van der Waals surface area contributed by atoms with Gasteiger partial charge in [-0.15, -0.1) is 0 Å². The fourth-order valence-corrected chi connectivity index (χ4v) is 2.42. The molecule has 0 spiro atoms. The molecule has 0 unspecified atom stereocenters. The van der Waals surface area contributed by atoms with E-state index in [0.29, 0.717) is 6.54 Å². The number of carbonyl (C=O) groups is 1. The Hall–Kier alpha value is -1.59. The Morgan fingerprint density at radius 2 is 2.14 bits per heavy atom. The van der Waals surface area contributed by atoms with Gasteiger partial charge in [0, 0.05) is 19.6 Å². The second kappa shape index (κ2) is 9.43. The molecule has 1 aliphatic heterocycles. The highest BCUT2D eigenvalue weighted by Gasteiger charge is 2.09. The number of rotatable bonds is 8. The number of unbranched alkanes of at least 4 members (excludes halogenated alkanes) is 1. The van der Waals surface area contributed by atoms with Crippen molar-refractivity contribution in [1.29, 1.82) is 0 Å². The predicted molar refractivity (Wildman–Crippen MR) is 86.2 cm³/mol. The van der Waals surface area contributed by atoms with E-state index in [1.807, 2.05) is 31.2 Å². The third kappa shape index (κ3) is 6.45. The minimum Gasteiger partial charge on any atom is -0.484 e. The molecule has 0 radical (unpaired) electrons. The van der Waals surface area contributed by atoms with Gasteiger partial charge in [0.1, 0.15) is 5.75 Å². The fourth-order valence-electron chi connectivity index (χ4n) is 2.42. The molecule has 0 bridgehead atoms. The average Bonchev–Trinajstić information content (AvgIpc) is 2.54. The summed E-state index contributed by atoms with van der Waals surface area (Å²) in [6.45, 7) is 7.60. The summed E-state index contributed by atoms with van der Waals surface area (Å²) >= 11 is 0. The lowest BCUT2D eigenvalue weighted by Crippen LogP contribution is -2.37. The summed E-state index contributed by atoms with van der Waals surface area (Å²) in [5.41, 5.74) is 1.13. The molecule has 0 atom stereocenters. The zero-order valence-corrected chi connectivity index (χ0v) is 13.3. The summed E-state index contributed by atoms with van der Waals surface area (Å²) in [5, 5.41) is 2.90. The van der Waals surface area contributed by atoms with Crippen molar-refractivity contribution in [3.05, 3.63) is 29.8 Å². The number of amides is 1. The smallest absolute Gasteiger partial charge is 0.257 e. The van der Waals surface area contributed by atoms with Crippen molar-refractivity contribution in [2.45, 2.75) is 19.8 Å². The Kier molecular flexibility index (Phi) is 7.19. The molecule has 1 saturated heterocycles. The second-order valence-corrected chi connectivity index (χ2v) is 5.62. The van der Waals surface area contributed by atoms with E-state index in [1.165, 1.54) is 0 Å². The van der Waals surface area contributed by atoms with Crippen LogP contribution in [0, 0.1) is 6.92 Å². The third-order valence-electron chi connectivity index (χ3n) is 3.69. The van der Waals surface area contributed by atoms with Crippen molar-refractivity contribution in [3.8, 4) is 5.75 Å².